The highest BCUT2D eigenvalue weighted by molar-refractivity contribution is 7.96. The predicted octanol–water partition coefficient (Wildman–Crippen LogP) is 4.09. The molecule has 0 atom stereocenters. The topological polar surface area (TPSA) is 57.7 Å². The van der Waals surface area contributed by atoms with Crippen LogP contribution in [-0.4, -0.2) is 32.3 Å². The van der Waals surface area contributed by atoms with Crippen molar-refractivity contribution in [2.75, 3.05) is 18.0 Å². The zero-order valence-electron chi connectivity index (χ0n) is 16.6. The Morgan fingerprint density at radius 2 is 1.67 bits per heavy atom. The molecule has 156 valence electrons. The van der Waals surface area contributed by atoms with Gasteiger partial charge in [-0.2, -0.15) is 0 Å². The van der Waals surface area contributed by atoms with Gasteiger partial charge in [0, 0.05) is 25.0 Å². The Morgan fingerprint density at radius 3 is 2.47 bits per heavy atom. The Morgan fingerprint density at radius 1 is 0.900 bits per heavy atom. The summed E-state index contributed by atoms with van der Waals surface area (Å²) < 4.78 is 40.7. The number of anilines is 2. The average Bonchev–Trinajstić information content (AvgIpc) is 3.21. The van der Waals surface area contributed by atoms with Crippen molar-refractivity contribution in [1.82, 2.24) is 4.90 Å². The van der Waals surface area contributed by atoms with Gasteiger partial charge in [0.2, 0.25) is 9.84 Å². The highest BCUT2D eigenvalue weighted by Gasteiger charge is 2.38. The van der Waals surface area contributed by atoms with E-state index in [-0.39, 0.29) is 15.5 Å². The molecule has 7 heteroatoms. The first-order chi connectivity index (χ1) is 14.4. The molecule has 5 rings (SSSR count). The van der Waals surface area contributed by atoms with E-state index in [1.165, 1.54) is 29.5 Å². The lowest BCUT2D eigenvalue weighted by atomic mass is 10.1. The number of hydrogen-bond acceptors (Lipinski definition) is 4. The second-order valence-electron chi connectivity index (χ2n) is 8.14. The number of hydrogen-bond donors (Lipinski definition) is 0. The quantitative estimate of drug-likeness (QED) is 0.679. The van der Waals surface area contributed by atoms with Gasteiger partial charge in [-0.05, 0) is 80.0 Å². The number of sulfone groups is 1. The molecule has 0 radical (unpaired) electrons. The predicted molar refractivity (Wildman–Crippen MR) is 113 cm³/mol. The van der Waals surface area contributed by atoms with Crippen molar-refractivity contribution in [2.45, 2.75) is 43.4 Å². The number of rotatable bonds is 2. The van der Waals surface area contributed by atoms with Gasteiger partial charge in [0.05, 0.1) is 10.6 Å². The lowest BCUT2D eigenvalue weighted by molar-refractivity contribution is -0.127. The molecule has 2 aliphatic heterocycles. The number of likely N-dealkylation sites (tertiary alicyclic amines) is 1. The van der Waals surface area contributed by atoms with Crippen LogP contribution in [0.15, 0.2) is 52.4 Å². The molecular formula is C23H23FN2O3S. The van der Waals surface area contributed by atoms with Gasteiger partial charge in [0.1, 0.15) is 5.82 Å². The molecular weight excluding hydrogens is 403 g/mol. The largest absolute Gasteiger partial charge is 0.338 e. The van der Waals surface area contributed by atoms with E-state index in [1.54, 1.807) is 9.80 Å². The molecule has 5 nitrogen and oxygen atoms in total. The first kappa shape index (κ1) is 19.3. The van der Waals surface area contributed by atoms with Crippen LogP contribution in [-0.2, 0) is 27.5 Å². The van der Waals surface area contributed by atoms with Gasteiger partial charge in [-0.3, -0.25) is 4.79 Å². The molecule has 1 amide bonds. The summed E-state index contributed by atoms with van der Waals surface area (Å²) in [5.41, 5.74) is 3.48. The van der Waals surface area contributed by atoms with Crippen LogP contribution in [0.4, 0.5) is 15.8 Å². The maximum atomic E-state index is 14.1. The molecule has 0 N–H and O–H groups in total. The minimum absolute atomic E-state index is 0.0349. The number of amides is 1. The fraction of sp³-hybridized carbons (Fsp3) is 0.348. The Hall–Kier alpha value is -2.67. The van der Waals surface area contributed by atoms with Crippen LogP contribution in [0.1, 0.15) is 36.8 Å². The third kappa shape index (κ3) is 3.12. The number of fused-ring (bicyclic) bond motifs is 2. The Kier molecular flexibility index (Phi) is 4.65. The summed E-state index contributed by atoms with van der Waals surface area (Å²) in [5, 5.41) is 0. The Balaban J connectivity index is 1.65. The molecule has 0 saturated carbocycles. The van der Waals surface area contributed by atoms with Crippen molar-refractivity contribution in [2.24, 2.45) is 0 Å². The fourth-order valence-electron chi connectivity index (χ4n) is 4.63. The molecule has 2 aromatic carbocycles. The van der Waals surface area contributed by atoms with Crippen LogP contribution in [0.5, 0.6) is 0 Å². The van der Waals surface area contributed by atoms with Gasteiger partial charge >= 0.3 is 0 Å². The summed E-state index contributed by atoms with van der Waals surface area (Å²) in [4.78, 5) is 16.2. The maximum Gasteiger partial charge on any atom is 0.267 e. The standard InChI is InChI=1S/C23H23FN2O3S/c24-18-8-10-21-20(14-18)26(19-9-7-16-5-4-6-17(16)13-19)15-22(30(21,28)29)23(27)25-11-2-1-3-12-25/h7-10,13-15H,1-6,11-12H2. The molecule has 3 aliphatic rings. The molecule has 2 aromatic rings. The number of benzene rings is 2. The van der Waals surface area contributed by atoms with Gasteiger partial charge in [-0.15, -0.1) is 0 Å². The van der Waals surface area contributed by atoms with Gasteiger partial charge in [-0.1, -0.05) is 6.07 Å². The minimum atomic E-state index is -4.04. The third-order valence-corrected chi connectivity index (χ3v) is 8.00. The Labute approximate surface area is 175 Å². The summed E-state index contributed by atoms with van der Waals surface area (Å²) in [6.07, 6.45) is 7.25. The monoisotopic (exact) mass is 426 g/mol. The van der Waals surface area contributed by atoms with E-state index in [9.17, 15) is 17.6 Å². The normalized spacial score (nSPS) is 19.8. The molecule has 0 aromatic heterocycles. The van der Waals surface area contributed by atoms with Crippen LogP contribution in [0.3, 0.4) is 0 Å². The lowest BCUT2D eigenvalue weighted by Gasteiger charge is -2.32. The van der Waals surface area contributed by atoms with Crippen LogP contribution >= 0.6 is 0 Å². The molecule has 0 bridgehead atoms. The van der Waals surface area contributed by atoms with Crippen molar-refractivity contribution in [3.8, 4) is 0 Å². The van der Waals surface area contributed by atoms with Crippen LogP contribution < -0.4 is 4.90 Å². The van der Waals surface area contributed by atoms with Crippen LogP contribution in [0.25, 0.3) is 0 Å². The van der Waals surface area contributed by atoms with Crippen molar-refractivity contribution in [3.05, 3.63) is 64.4 Å². The van der Waals surface area contributed by atoms with Crippen molar-refractivity contribution < 1.29 is 17.6 Å². The number of piperidine rings is 1. The third-order valence-electron chi connectivity index (χ3n) is 6.22. The van der Waals surface area contributed by atoms with E-state index >= 15 is 0 Å². The summed E-state index contributed by atoms with van der Waals surface area (Å²) in [5.74, 6) is -0.995. The van der Waals surface area contributed by atoms with Crippen LogP contribution in [0, 0.1) is 5.82 Å². The molecule has 0 unspecified atom stereocenters. The zero-order chi connectivity index (χ0) is 20.9. The van der Waals surface area contributed by atoms with Crippen molar-refractivity contribution in [3.63, 3.8) is 0 Å². The van der Waals surface area contributed by atoms with E-state index in [0.29, 0.717) is 13.1 Å². The van der Waals surface area contributed by atoms with E-state index in [0.717, 1.165) is 50.3 Å². The van der Waals surface area contributed by atoms with E-state index in [1.807, 2.05) is 18.2 Å². The molecule has 2 heterocycles. The first-order valence-corrected chi connectivity index (χ1v) is 11.9. The van der Waals surface area contributed by atoms with Gasteiger partial charge < -0.3 is 9.80 Å². The maximum absolute atomic E-state index is 14.1. The summed E-state index contributed by atoms with van der Waals surface area (Å²) in [6.45, 7) is 1.11. The second-order valence-corrected chi connectivity index (χ2v) is 10.0. The van der Waals surface area contributed by atoms with E-state index in [4.69, 9.17) is 0 Å². The molecule has 0 spiro atoms. The average molecular weight is 427 g/mol. The van der Waals surface area contributed by atoms with E-state index < -0.39 is 21.6 Å². The lowest BCUT2D eigenvalue weighted by Crippen LogP contribution is -2.39. The van der Waals surface area contributed by atoms with E-state index in [2.05, 4.69) is 0 Å². The van der Waals surface area contributed by atoms with Gasteiger partial charge in [0.25, 0.3) is 5.91 Å². The highest BCUT2D eigenvalue weighted by atomic mass is 32.2. The minimum Gasteiger partial charge on any atom is -0.338 e. The number of aryl methyl sites for hydroxylation is 2. The number of carbonyl (C=O) groups is 1. The zero-order valence-corrected chi connectivity index (χ0v) is 17.4. The summed E-state index contributed by atoms with van der Waals surface area (Å²) in [7, 11) is -4.04. The fourth-order valence-corrected chi connectivity index (χ4v) is 6.15. The first-order valence-electron chi connectivity index (χ1n) is 10.4. The van der Waals surface area contributed by atoms with Crippen LogP contribution in [0.2, 0.25) is 0 Å². The molecule has 30 heavy (non-hydrogen) atoms. The second kappa shape index (κ2) is 7.23. The SMILES string of the molecule is O=C(C1=CN(c2ccc3c(c2)CCC3)c2cc(F)ccc2S1(=O)=O)N1CCCCC1. The Bertz CT molecular complexity index is 1170. The van der Waals surface area contributed by atoms with Crippen molar-refractivity contribution in [1.29, 1.82) is 0 Å². The molecule has 1 saturated heterocycles. The molecule has 1 fully saturated rings. The van der Waals surface area contributed by atoms with Gasteiger partial charge in [0.15, 0.2) is 4.91 Å². The number of carbonyl (C=O) groups excluding carboxylic acids is 1. The highest BCUT2D eigenvalue weighted by Crippen LogP contribution is 2.41. The summed E-state index contributed by atoms with van der Waals surface area (Å²) in [6, 6.07) is 9.59. The molecule has 1 aliphatic carbocycles. The van der Waals surface area contributed by atoms with Gasteiger partial charge in [-0.25, -0.2) is 12.8 Å². The number of nitrogens with zero attached hydrogens (tertiary/aromatic N) is 2. The van der Waals surface area contributed by atoms with Crippen molar-refractivity contribution >= 4 is 27.1 Å². The smallest absolute Gasteiger partial charge is 0.267 e. The number of halogens is 1. The summed E-state index contributed by atoms with van der Waals surface area (Å²) >= 11 is 0.